The molecule has 0 aliphatic heterocycles. The maximum Gasteiger partial charge on any atom is 0.255 e. The van der Waals surface area contributed by atoms with E-state index in [1.54, 1.807) is 48.5 Å². The van der Waals surface area contributed by atoms with Crippen molar-refractivity contribution in [1.29, 1.82) is 0 Å². The lowest BCUT2D eigenvalue weighted by molar-refractivity contribution is 0.100. The summed E-state index contributed by atoms with van der Waals surface area (Å²) in [4.78, 5) is 36.7. The van der Waals surface area contributed by atoms with Gasteiger partial charge in [0.1, 0.15) is 23.3 Å². The number of carbonyl (C=O) groups is 2. The molecule has 0 saturated heterocycles. The number of carbonyl (C=O) groups excluding carboxylic acids is 2. The quantitative estimate of drug-likeness (QED) is 0.478. The molecule has 0 saturated carbocycles. The summed E-state index contributed by atoms with van der Waals surface area (Å²) in [5, 5.41) is 3.01. The zero-order chi connectivity index (χ0) is 22.7. The Bertz CT molecular complexity index is 1380. The first-order chi connectivity index (χ1) is 15.5. The summed E-state index contributed by atoms with van der Waals surface area (Å²) in [6.07, 6.45) is 1.23. The number of para-hydroxylation sites is 1. The van der Waals surface area contributed by atoms with Crippen molar-refractivity contribution in [3.63, 3.8) is 0 Å². The molecule has 0 aliphatic carbocycles. The summed E-state index contributed by atoms with van der Waals surface area (Å²) >= 11 is 0. The maximum absolute atomic E-state index is 12.7. The summed E-state index contributed by atoms with van der Waals surface area (Å²) in [5.41, 5.74) is 6.24. The number of primary amides is 1. The van der Waals surface area contributed by atoms with Gasteiger partial charge in [-0.15, -0.1) is 0 Å². The lowest BCUT2D eigenvalue weighted by atomic mass is 10.1. The van der Waals surface area contributed by atoms with Crippen LogP contribution in [-0.4, -0.2) is 18.9 Å². The average molecular weight is 430 g/mol. The number of methoxy groups -OCH3 is 1. The van der Waals surface area contributed by atoms with E-state index in [0.29, 0.717) is 33.7 Å². The summed E-state index contributed by atoms with van der Waals surface area (Å²) < 4.78 is 16.3. The van der Waals surface area contributed by atoms with Crippen LogP contribution in [0.5, 0.6) is 17.2 Å². The molecule has 1 heterocycles. The number of nitrogens with two attached hydrogens (primary N) is 1. The van der Waals surface area contributed by atoms with E-state index in [1.807, 2.05) is 0 Å². The molecule has 3 N–H and O–H groups in total. The molecule has 0 aliphatic rings. The van der Waals surface area contributed by atoms with Gasteiger partial charge in [-0.1, -0.05) is 12.1 Å². The second-order valence-corrected chi connectivity index (χ2v) is 6.78. The number of amides is 2. The van der Waals surface area contributed by atoms with Crippen molar-refractivity contribution in [3.05, 3.63) is 94.3 Å². The van der Waals surface area contributed by atoms with Crippen LogP contribution in [0.4, 0.5) is 5.69 Å². The molecule has 0 spiro atoms. The van der Waals surface area contributed by atoms with Crippen LogP contribution in [-0.2, 0) is 0 Å². The highest BCUT2D eigenvalue weighted by Gasteiger charge is 2.13. The fourth-order valence-corrected chi connectivity index (χ4v) is 3.09. The van der Waals surface area contributed by atoms with Gasteiger partial charge in [0.05, 0.1) is 23.7 Å². The van der Waals surface area contributed by atoms with Crippen molar-refractivity contribution in [2.75, 3.05) is 12.4 Å². The second-order valence-electron chi connectivity index (χ2n) is 6.78. The Morgan fingerprint density at radius 3 is 2.41 bits per heavy atom. The normalized spacial score (nSPS) is 10.5. The molecule has 0 unspecified atom stereocenters. The highest BCUT2D eigenvalue weighted by molar-refractivity contribution is 6.08. The Kier molecular flexibility index (Phi) is 5.59. The van der Waals surface area contributed by atoms with Crippen molar-refractivity contribution >= 4 is 28.5 Å². The summed E-state index contributed by atoms with van der Waals surface area (Å²) in [5.74, 6) is -0.141. The third kappa shape index (κ3) is 4.15. The monoisotopic (exact) mass is 430 g/mol. The van der Waals surface area contributed by atoms with Crippen molar-refractivity contribution in [2.24, 2.45) is 5.73 Å². The molecule has 4 aromatic rings. The predicted octanol–water partition coefficient (Wildman–Crippen LogP) is 3.95. The third-order valence-electron chi connectivity index (χ3n) is 4.74. The van der Waals surface area contributed by atoms with Crippen LogP contribution in [0.3, 0.4) is 0 Å². The van der Waals surface area contributed by atoms with E-state index >= 15 is 0 Å². The molecule has 8 nitrogen and oxygen atoms in total. The van der Waals surface area contributed by atoms with Gasteiger partial charge in [0.2, 0.25) is 11.2 Å². The number of hydrogen-bond acceptors (Lipinski definition) is 6. The van der Waals surface area contributed by atoms with Crippen molar-refractivity contribution in [3.8, 4) is 17.2 Å². The zero-order valence-electron chi connectivity index (χ0n) is 17.0. The van der Waals surface area contributed by atoms with Gasteiger partial charge in [0, 0.05) is 11.6 Å². The summed E-state index contributed by atoms with van der Waals surface area (Å²) in [6.45, 7) is 0. The molecule has 8 heteroatoms. The van der Waals surface area contributed by atoms with E-state index < -0.39 is 11.8 Å². The van der Waals surface area contributed by atoms with Crippen LogP contribution in [0.25, 0.3) is 11.0 Å². The predicted molar refractivity (Wildman–Crippen MR) is 118 cm³/mol. The Morgan fingerprint density at radius 2 is 1.69 bits per heavy atom. The molecule has 0 bridgehead atoms. The Labute approximate surface area is 182 Å². The molecular formula is C24H18N2O6. The summed E-state index contributed by atoms with van der Waals surface area (Å²) in [7, 11) is 1.52. The molecule has 3 aromatic carbocycles. The SMILES string of the molecule is COc1ccc2c(=O)c(Oc3ccc(C(=O)Nc4ccccc4C(N)=O)cc3)coc2c1. The van der Waals surface area contributed by atoms with Crippen molar-refractivity contribution in [2.45, 2.75) is 0 Å². The fraction of sp³-hybridized carbons (Fsp3) is 0.0417. The van der Waals surface area contributed by atoms with Crippen molar-refractivity contribution in [1.82, 2.24) is 0 Å². The number of ether oxygens (including phenoxy) is 2. The minimum atomic E-state index is -0.641. The van der Waals surface area contributed by atoms with Gasteiger partial charge < -0.3 is 24.9 Å². The van der Waals surface area contributed by atoms with Gasteiger partial charge in [-0.05, 0) is 48.5 Å². The van der Waals surface area contributed by atoms with E-state index in [-0.39, 0.29) is 16.7 Å². The van der Waals surface area contributed by atoms with E-state index in [4.69, 9.17) is 19.6 Å². The van der Waals surface area contributed by atoms with E-state index in [1.165, 1.54) is 31.6 Å². The van der Waals surface area contributed by atoms with Gasteiger partial charge >= 0.3 is 0 Å². The number of anilines is 1. The largest absolute Gasteiger partial charge is 0.497 e. The first kappa shape index (κ1) is 20.7. The maximum atomic E-state index is 12.7. The highest BCUT2D eigenvalue weighted by atomic mass is 16.5. The standard InChI is InChI=1S/C24H18N2O6/c1-30-16-10-11-18-20(12-16)31-13-21(22(18)27)32-15-8-6-14(7-9-15)24(29)26-19-5-3-2-4-17(19)23(25)28/h2-13H,1H3,(H2,25,28)(H,26,29). The van der Waals surface area contributed by atoms with Gasteiger partial charge in [0.25, 0.3) is 11.8 Å². The molecule has 0 fully saturated rings. The number of nitrogens with one attached hydrogen (secondary N) is 1. The zero-order valence-corrected chi connectivity index (χ0v) is 17.0. The minimum absolute atomic E-state index is 0.00949. The Morgan fingerprint density at radius 1 is 0.969 bits per heavy atom. The smallest absolute Gasteiger partial charge is 0.255 e. The number of fused-ring (bicyclic) bond motifs is 1. The Hall–Kier alpha value is -4.59. The van der Waals surface area contributed by atoms with E-state index in [0.717, 1.165) is 0 Å². The third-order valence-corrected chi connectivity index (χ3v) is 4.74. The van der Waals surface area contributed by atoms with Gasteiger partial charge in [-0.3, -0.25) is 14.4 Å². The number of benzene rings is 3. The van der Waals surface area contributed by atoms with Crippen LogP contribution in [0.15, 0.2) is 82.2 Å². The average Bonchev–Trinajstić information content (AvgIpc) is 2.81. The molecule has 0 atom stereocenters. The second kappa shape index (κ2) is 8.65. The van der Waals surface area contributed by atoms with Crippen LogP contribution >= 0.6 is 0 Å². The van der Waals surface area contributed by atoms with Gasteiger partial charge in [-0.25, -0.2) is 0 Å². The Balaban J connectivity index is 1.52. The van der Waals surface area contributed by atoms with Gasteiger partial charge in [0.15, 0.2) is 0 Å². The molecular weight excluding hydrogens is 412 g/mol. The molecule has 1 aromatic heterocycles. The number of hydrogen-bond donors (Lipinski definition) is 2. The molecule has 0 radical (unpaired) electrons. The molecule has 2 amide bonds. The van der Waals surface area contributed by atoms with Crippen LogP contribution in [0.1, 0.15) is 20.7 Å². The summed E-state index contributed by atoms with van der Waals surface area (Å²) in [6, 6.07) is 17.5. The van der Waals surface area contributed by atoms with E-state index in [9.17, 15) is 14.4 Å². The lowest BCUT2D eigenvalue weighted by Crippen LogP contribution is -2.18. The molecule has 4 rings (SSSR count). The van der Waals surface area contributed by atoms with Crippen molar-refractivity contribution < 1.29 is 23.5 Å². The topological polar surface area (TPSA) is 121 Å². The van der Waals surface area contributed by atoms with Crippen LogP contribution in [0, 0.1) is 0 Å². The fourth-order valence-electron chi connectivity index (χ4n) is 3.09. The first-order valence-electron chi connectivity index (χ1n) is 9.54. The number of rotatable bonds is 6. The van der Waals surface area contributed by atoms with Crippen LogP contribution in [0.2, 0.25) is 0 Å². The molecule has 32 heavy (non-hydrogen) atoms. The minimum Gasteiger partial charge on any atom is -0.497 e. The molecule has 160 valence electrons. The highest BCUT2D eigenvalue weighted by Crippen LogP contribution is 2.24. The van der Waals surface area contributed by atoms with E-state index in [2.05, 4.69) is 5.32 Å². The lowest BCUT2D eigenvalue weighted by Gasteiger charge is -2.10. The van der Waals surface area contributed by atoms with Gasteiger partial charge in [-0.2, -0.15) is 0 Å². The van der Waals surface area contributed by atoms with Crippen LogP contribution < -0.4 is 26.0 Å². The first-order valence-corrected chi connectivity index (χ1v) is 9.54.